The zero-order chi connectivity index (χ0) is 10.0. The highest BCUT2D eigenvalue weighted by Crippen LogP contribution is 2.22. The Morgan fingerprint density at radius 1 is 1.08 bits per heavy atom. The Morgan fingerprint density at radius 3 is 2.15 bits per heavy atom. The molecule has 0 aromatic rings. The fourth-order valence-corrected chi connectivity index (χ4v) is 1.44. The molecule has 2 N–H and O–H groups in total. The molecule has 1 fully saturated rings. The minimum atomic E-state index is -0.973. The summed E-state index contributed by atoms with van der Waals surface area (Å²) in [4.78, 5) is 0. The molecule has 5 heteroatoms. The van der Waals surface area contributed by atoms with Crippen LogP contribution < -0.4 is 0 Å². The monoisotopic (exact) mass is 192 g/mol. The summed E-state index contributed by atoms with van der Waals surface area (Å²) >= 11 is 0. The molecule has 13 heavy (non-hydrogen) atoms. The van der Waals surface area contributed by atoms with Crippen molar-refractivity contribution in [2.24, 2.45) is 0 Å². The third-order valence-electron chi connectivity index (χ3n) is 2.29. The van der Waals surface area contributed by atoms with E-state index < -0.39 is 30.7 Å². The molecule has 5 nitrogen and oxygen atoms in total. The summed E-state index contributed by atoms with van der Waals surface area (Å²) < 4.78 is 15.2. The maximum atomic E-state index is 9.57. The van der Waals surface area contributed by atoms with Gasteiger partial charge in [0.15, 0.2) is 6.29 Å². The van der Waals surface area contributed by atoms with E-state index in [0.717, 1.165) is 0 Å². The van der Waals surface area contributed by atoms with E-state index in [1.54, 1.807) is 6.92 Å². The zero-order valence-corrected chi connectivity index (χ0v) is 8.01. The van der Waals surface area contributed by atoms with Crippen molar-refractivity contribution in [3.05, 3.63) is 0 Å². The van der Waals surface area contributed by atoms with Gasteiger partial charge in [0.25, 0.3) is 0 Å². The Labute approximate surface area is 77.2 Å². The van der Waals surface area contributed by atoms with Gasteiger partial charge < -0.3 is 24.4 Å². The SMILES string of the molecule is CO[C@H]1O[C@@H](C)[C@H](O)[C@@H](O)[C@H]1OC. The van der Waals surface area contributed by atoms with Gasteiger partial charge in [0.1, 0.15) is 18.3 Å². The second-order valence-corrected chi connectivity index (χ2v) is 3.13. The Kier molecular flexibility index (Phi) is 3.63. The van der Waals surface area contributed by atoms with Gasteiger partial charge in [0.05, 0.1) is 6.10 Å². The van der Waals surface area contributed by atoms with Crippen molar-refractivity contribution in [1.82, 2.24) is 0 Å². The topological polar surface area (TPSA) is 68.2 Å². The van der Waals surface area contributed by atoms with E-state index in [-0.39, 0.29) is 0 Å². The molecular weight excluding hydrogens is 176 g/mol. The van der Waals surface area contributed by atoms with Crippen LogP contribution in [0, 0.1) is 0 Å². The van der Waals surface area contributed by atoms with Gasteiger partial charge in [-0.2, -0.15) is 0 Å². The highest BCUT2D eigenvalue weighted by molar-refractivity contribution is 4.87. The smallest absolute Gasteiger partial charge is 0.186 e. The molecule has 1 aliphatic heterocycles. The lowest BCUT2D eigenvalue weighted by Gasteiger charge is -2.39. The summed E-state index contributed by atoms with van der Waals surface area (Å²) in [5, 5.41) is 19.0. The average Bonchev–Trinajstić information content (AvgIpc) is 2.13. The fourth-order valence-electron chi connectivity index (χ4n) is 1.44. The van der Waals surface area contributed by atoms with Crippen LogP contribution in [0.25, 0.3) is 0 Å². The van der Waals surface area contributed by atoms with Crippen molar-refractivity contribution >= 4 is 0 Å². The number of hydrogen-bond donors (Lipinski definition) is 2. The summed E-state index contributed by atoms with van der Waals surface area (Å²) in [7, 11) is 2.90. The van der Waals surface area contributed by atoms with Crippen molar-refractivity contribution in [1.29, 1.82) is 0 Å². The normalized spacial score (nSPS) is 46.4. The first-order chi connectivity index (χ1) is 6.11. The lowest BCUT2D eigenvalue weighted by molar-refractivity contribution is -0.291. The molecule has 5 atom stereocenters. The van der Waals surface area contributed by atoms with Gasteiger partial charge in [-0.1, -0.05) is 0 Å². The highest BCUT2D eigenvalue weighted by atomic mass is 16.7. The van der Waals surface area contributed by atoms with E-state index in [4.69, 9.17) is 14.2 Å². The minimum absolute atomic E-state index is 0.452. The maximum Gasteiger partial charge on any atom is 0.186 e. The molecule has 78 valence electrons. The van der Waals surface area contributed by atoms with Crippen LogP contribution in [0.1, 0.15) is 6.92 Å². The largest absolute Gasteiger partial charge is 0.388 e. The molecule has 1 aliphatic rings. The predicted molar refractivity (Wildman–Crippen MR) is 44.2 cm³/mol. The zero-order valence-electron chi connectivity index (χ0n) is 8.01. The first-order valence-electron chi connectivity index (χ1n) is 4.19. The third kappa shape index (κ3) is 2.00. The standard InChI is InChI=1S/C8H16O5/c1-4-5(9)6(10)7(11-2)8(12-3)13-4/h4-10H,1-3H3/t4-,5-,6+,7+,8-/m0/s1. The molecule has 1 heterocycles. The average molecular weight is 192 g/mol. The van der Waals surface area contributed by atoms with Crippen molar-refractivity contribution < 1.29 is 24.4 Å². The number of rotatable bonds is 2. The lowest BCUT2D eigenvalue weighted by atomic mass is 10.00. The summed E-state index contributed by atoms with van der Waals surface area (Å²) in [5.41, 5.74) is 0. The van der Waals surface area contributed by atoms with Crippen LogP contribution in [-0.4, -0.2) is 55.1 Å². The lowest BCUT2D eigenvalue weighted by Crippen LogP contribution is -2.57. The molecular formula is C8H16O5. The molecule has 0 radical (unpaired) electrons. The van der Waals surface area contributed by atoms with Crippen molar-refractivity contribution in [3.63, 3.8) is 0 Å². The van der Waals surface area contributed by atoms with E-state index >= 15 is 0 Å². The molecule has 0 aromatic heterocycles. The number of ether oxygens (including phenoxy) is 3. The van der Waals surface area contributed by atoms with Gasteiger partial charge >= 0.3 is 0 Å². The summed E-state index contributed by atoms with van der Waals surface area (Å²) in [6.45, 7) is 1.67. The molecule has 1 rings (SSSR count). The number of aliphatic hydroxyl groups is 2. The van der Waals surface area contributed by atoms with E-state index in [9.17, 15) is 10.2 Å². The highest BCUT2D eigenvalue weighted by Gasteiger charge is 2.43. The summed E-state index contributed by atoms with van der Waals surface area (Å²) in [5.74, 6) is 0. The minimum Gasteiger partial charge on any atom is -0.388 e. The molecule has 0 spiro atoms. The van der Waals surface area contributed by atoms with Crippen LogP contribution in [0.5, 0.6) is 0 Å². The van der Waals surface area contributed by atoms with Crippen molar-refractivity contribution in [2.45, 2.75) is 37.6 Å². The first-order valence-corrected chi connectivity index (χ1v) is 4.19. The fraction of sp³-hybridized carbons (Fsp3) is 1.00. The van der Waals surface area contributed by atoms with Crippen molar-refractivity contribution in [2.75, 3.05) is 14.2 Å². The van der Waals surface area contributed by atoms with Gasteiger partial charge in [-0.3, -0.25) is 0 Å². The van der Waals surface area contributed by atoms with E-state index in [1.807, 2.05) is 0 Å². The van der Waals surface area contributed by atoms with Crippen molar-refractivity contribution in [3.8, 4) is 0 Å². The van der Waals surface area contributed by atoms with Gasteiger partial charge in [-0.05, 0) is 6.92 Å². The maximum absolute atomic E-state index is 9.57. The Hall–Kier alpha value is -0.200. The third-order valence-corrected chi connectivity index (χ3v) is 2.29. The predicted octanol–water partition coefficient (Wildman–Crippen LogP) is -0.886. The molecule has 0 amide bonds. The molecule has 1 saturated heterocycles. The summed E-state index contributed by atoms with van der Waals surface area (Å²) in [6, 6.07) is 0. The van der Waals surface area contributed by atoms with Gasteiger partial charge in [-0.15, -0.1) is 0 Å². The molecule has 0 unspecified atom stereocenters. The van der Waals surface area contributed by atoms with E-state index in [2.05, 4.69) is 0 Å². The Bertz CT molecular complexity index is 161. The Morgan fingerprint density at radius 2 is 1.69 bits per heavy atom. The number of methoxy groups -OCH3 is 2. The summed E-state index contributed by atoms with van der Waals surface area (Å²) in [6.07, 6.45) is -3.63. The van der Waals surface area contributed by atoms with Crippen LogP contribution in [0.4, 0.5) is 0 Å². The molecule has 0 aromatic carbocycles. The molecule has 0 aliphatic carbocycles. The van der Waals surface area contributed by atoms with E-state index in [1.165, 1.54) is 14.2 Å². The van der Waals surface area contributed by atoms with Crippen LogP contribution >= 0.6 is 0 Å². The molecule has 0 saturated carbocycles. The molecule has 0 bridgehead atoms. The quantitative estimate of drug-likeness (QED) is 0.594. The first kappa shape index (κ1) is 10.9. The second-order valence-electron chi connectivity index (χ2n) is 3.13. The van der Waals surface area contributed by atoms with Gasteiger partial charge in [0.2, 0.25) is 0 Å². The van der Waals surface area contributed by atoms with Crippen LogP contribution in [0.2, 0.25) is 0 Å². The van der Waals surface area contributed by atoms with E-state index in [0.29, 0.717) is 0 Å². The number of aliphatic hydroxyl groups excluding tert-OH is 2. The van der Waals surface area contributed by atoms with Crippen LogP contribution in [0.15, 0.2) is 0 Å². The van der Waals surface area contributed by atoms with Crippen LogP contribution in [-0.2, 0) is 14.2 Å². The second kappa shape index (κ2) is 4.34. The van der Waals surface area contributed by atoms with Gasteiger partial charge in [0, 0.05) is 14.2 Å². The van der Waals surface area contributed by atoms with Gasteiger partial charge in [-0.25, -0.2) is 0 Å². The Balaban J connectivity index is 2.69. The van der Waals surface area contributed by atoms with Crippen LogP contribution in [0.3, 0.4) is 0 Å². The number of hydrogen-bond acceptors (Lipinski definition) is 5.